The van der Waals surface area contributed by atoms with Gasteiger partial charge in [0.2, 0.25) is 5.88 Å². The molecule has 0 atom stereocenters. The van der Waals surface area contributed by atoms with Crippen molar-refractivity contribution < 1.29 is 9.90 Å². The van der Waals surface area contributed by atoms with Crippen LogP contribution in [0.3, 0.4) is 0 Å². The van der Waals surface area contributed by atoms with Gasteiger partial charge in [0.15, 0.2) is 5.78 Å². The van der Waals surface area contributed by atoms with Gasteiger partial charge in [-0.25, -0.2) is 4.79 Å². The molecule has 1 aromatic carbocycles. The Kier molecular flexibility index (Phi) is 4.87. The summed E-state index contributed by atoms with van der Waals surface area (Å²) in [6, 6.07) is 7.69. The van der Waals surface area contributed by atoms with Crippen molar-refractivity contribution in [3.05, 3.63) is 67.9 Å². The number of carbonyl (C=O) groups excluding carboxylic acids is 1. The average Bonchev–Trinajstić information content (AvgIpc) is 2.57. The van der Waals surface area contributed by atoms with E-state index in [2.05, 4.69) is 13.8 Å². The second-order valence-electron chi connectivity index (χ2n) is 5.92. The number of hydrogen-bond donors (Lipinski definition) is 1. The molecule has 6 heteroatoms. The maximum Gasteiger partial charge on any atom is 0.333 e. The van der Waals surface area contributed by atoms with Gasteiger partial charge in [-0.2, -0.15) is 0 Å². The van der Waals surface area contributed by atoms with Gasteiger partial charge in [-0.05, 0) is 23.1 Å². The minimum atomic E-state index is -0.819. The molecule has 126 valence electrons. The Balaban J connectivity index is 2.37. The van der Waals surface area contributed by atoms with E-state index in [0.29, 0.717) is 5.92 Å². The molecule has 6 nitrogen and oxygen atoms in total. The monoisotopic (exact) mass is 328 g/mol. The highest BCUT2D eigenvalue weighted by Gasteiger charge is 2.19. The van der Waals surface area contributed by atoms with Crippen LogP contribution in [0.5, 0.6) is 5.88 Å². The number of allylic oxidation sites excluding steroid dienone is 1. The Labute approximate surface area is 139 Å². The molecule has 0 aliphatic heterocycles. The van der Waals surface area contributed by atoms with Gasteiger partial charge in [0.25, 0.3) is 5.56 Å². The summed E-state index contributed by atoms with van der Waals surface area (Å²) in [4.78, 5) is 36.0. The Morgan fingerprint density at radius 2 is 1.67 bits per heavy atom. The average molecular weight is 328 g/mol. The first-order valence-electron chi connectivity index (χ1n) is 7.55. The third-order valence-corrected chi connectivity index (χ3v) is 3.91. The van der Waals surface area contributed by atoms with Crippen LogP contribution in [0.25, 0.3) is 6.08 Å². The molecule has 0 amide bonds. The largest absolute Gasteiger partial charge is 0.494 e. The summed E-state index contributed by atoms with van der Waals surface area (Å²) >= 11 is 0. The standard InChI is InChI=1S/C18H20N2O4/c1-11(2)13-8-5-12(6-9-13)7-10-14(21)15-16(22)19(3)18(24)20(4)17(15)23/h5-11,22H,1-4H3/b10-7+. The van der Waals surface area contributed by atoms with Gasteiger partial charge in [0.05, 0.1) is 0 Å². The summed E-state index contributed by atoms with van der Waals surface area (Å²) < 4.78 is 1.65. The molecule has 0 aliphatic carbocycles. The zero-order chi connectivity index (χ0) is 18.0. The highest BCUT2D eigenvalue weighted by molar-refractivity contribution is 6.08. The fourth-order valence-corrected chi connectivity index (χ4v) is 2.30. The molecule has 0 aliphatic rings. The number of hydrogen-bond acceptors (Lipinski definition) is 4. The van der Waals surface area contributed by atoms with E-state index in [1.807, 2.05) is 24.3 Å². The van der Waals surface area contributed by atoms with Gasteiger partial charge in [-0.3, -0.25) is 18.7 Å². The van der Waals surface area contributed by atoms with Crippen LogP contribution in [0.15, 0.2) is 39.9 Å². The molecule has 0 unspecified atom stereocenters. The zero-order valence-corrected chi connectivity index (χ0v) is 14.1. The number of benzene rings is 1. The topological polar surface area (TPSA) is 81.3 Å². The van der Waals surface area contributed by atoms with E-state index >= 15 is 0 Å². The fraction of sp³-hybridized carbons (Fsp3) is 0.278. The molecule has 1 aromatic heterocycles. The first-order chi connectivity index (χ1) is 11.2. The van der Waals surface area contributed by atoms with E-state index < -0.39 is 28.5 Å². The number of aromatic nitrogens is 2. The lowest BCUT2D eigenvalue weighted by molar-refractivity contribution is 0.104. The maximum absolute atomic E-state index is 12.3. The van der Waals surface area contributed by atoms with Crippen LogP contribution in [0.4, 0.5) is 0 Å². The van der Waals surface area contributed by atoms with Crippen molar-refractivity contribution in [2.45, 2.75) is 19.8 Å². The van der Waals surface area contributed by atoms with Crippen molar-refractivity contribution in [3.8, 4) is 5.88 Å². The molecular formula is C18H20N2O4. The third-order valence-electron chi connectivity index (χ3n) is 3.91. The molecule has 0 bridgehead atoms. The predicted octanol–water partition coefficient (Wildman–Crippen LogP) is 1.81. The number of carbonyl (C=O) groups is 1. The van der Waals surface area contributed by atoms with Gasteiger partial charge >= 0.3 is 5.69 Å². The fourth-order valence-electron chi connectivity index (χ4n) is 2.30. The molecule has 2 aromatic rings. The summed E-state index contributed by atoms with van der Waals surface area (Å²) in [5.41, 5.74) is 0.0503. The van der Waals surface area contributed by atoms with Gasteiger partial charge in [-0.15, -0.1) is 0 Å². The minimum Gasteiger partial charge on any atom is -0.494 e. The molecule has 0 fully saturated rings. The normalized spacial score (nSPS) is 11.4. The molecule has 24 heavy (non-hydrogen) atoms. The van der Waals surface area contributed by atoms with Crippen LogP contribution in [0, 0.1) is 0 Å². The zero-order valence-electron chi connectivity index (χ0n) is 14.1. The quantitative estimate of drug-likeness (QED) is 0.685. The van der Waals surface area contributed by atoms with E-state index in [1.54, 1.807) is 6.08 Å². The second-order valence-corrected chi connectivity index (χ2v) is 5.92. The summed E-state index contributed by atoms with van der Waals surface area (Å²) in [6.07, 6.45) is 2.78. The van der Waals surface area contributed by atoms with Gasteiger partial charge in [0, 0.05) is 14.1 Å². The van der Waals surface area contributed by atoms with Gasteiger partial charge < -0.3 is 5.11 Å². The van der Waals surface area contributed by atoms with E-state index in [1.165, 1.54) is 25.7 Å². The third kappa shape index (κ3) is 3.22. The van der Waals surface area contributed by atoms with Crippen molar-refractivity contribution >= 4 is 11.9 Å². The summed E-state index contributed by atoms with van der Waals surface area (Å²) in [7, 11) is 2.55. The van der Waals surface area contributed by atoms with Crippen LogP contribution in [-0.4, -0.2) is 20.0 Å². The van der Waals surface area contributed by atoms with Crippen molar-refractivity contribution in [1.29, 1.82) is 0 Å². The second kappa shape index (κ2) is 6.70. The van der Waals surface area contributed by atoms with Crippen LogP contribution < -0.4 is 11.2 Å². The molecule has 0 radical (unpaired) electrons. The molecule has 1 heterocycles. The Morgan fingerprint density at radius 1 is 1.08 bits per heavy atom. The summed E-state index contributed by atoms with van der Waals surface area (Å²) in [5.74, 6) is -0.875. The highest BCUT2D eigenvalue weighted by Crippen LogP contribution is 2.16. The first kappa shape index (κ1) is 17.5. The number of aromatic hydroxyl groups is 1. The van der Waals surface area contributed by atoms with Crippen molar-refractivity contribution in [1.82, 2.24) is 9.13 Å². The van der Waals surface area contributed by atoms with Crippen molar-refractivity contribution in [2.75, 3.05) is 0 Å². The van der Waals surface area contributed by atoms with Crippen molar-refractivity contribution in [2.24, 2.45) is 14.1 Å². The smallest absolute Gasteiger partial charge is 0.333 e. The molecule has 2 rings (SSSR count). The predicted molar refractivity (Wildman–Crippen MR) is 92.5 cm³/mol. The minimum absolute atomic E-state index is 0.412. The van der Waals surface area contributed by atoms with Gasteiger partial charge in [0.1, 0.15) is 5.56 Å². The maximum atomic E-state index is 12.3. The van der Waals surface area contributed by atoms with Gasteiger partial charge in [-0.1, -0.05) is 44.2 Å². The van der Waals surface area contributed by atoms with Crippen LogP contribution >= 0.6 is 0 Å². The Bertz CT molecular complexity index is 916. The highest BCUT2D eigenvalue weighted by atomic mass is 16.3. The Morgan fingerprint density at radius 3 is 2.21 bits per heavy atom. The van der Waals surface area contributed by atoms with E-state index in [4.69, 9.17) is 0 Å². The number of rotatable bonds is 4. The first-order valence-corrected chi connectivity index (χ1v) is 7.55. The van der Waals surface area contributed by atoms with Crippen LogP contribution in [-0.2, 0) is 14.1 Å². The van der Waals surface area contributed by atoms with E-state index in [-0.39, 0.29) is 0 Å². The molecule has 1 N–H and O–H groups in total. The van der Waals surface area contributed by atoms with Crippen LogP contribution in [0.1, 0.15) is 41.3 Å². The lowest BCUT2D eigenvalue weighted by Crippen LogP contribution is -2.39. The van der Waals surface area contributed by atoms with E-state index in [0.717, 1.165) is 14.7 Å². The lowest BCUT2D eigenvalue weighted by atomic mass is 10.0. The SMILES string of the molecule is CC(C)c1ccc(/C=C/C(=O)c2c(O)n(C)c(=O)n(C)c2=O)cc1. The van der Waals surface area contributed by atoms with Crippen LogP contribution in [0.2, 0.25) is 0 Å². The summed E-state index contributed by atoms with van der Waals surface area (Å²) in [6.45, 7) is 4.18. The van der Waals surface area contributed by atoms with E-state index in [9.17, 15) is 19.5 Å². The van der Waals surface area contributed by atoms with Crippen molar-refractivity contribution in [3.63, 3.8) is 0 Å². The lowest BCUT2D eigenvalue weighted by Gasteiger charge is -2.08. The molecule has 0 saturated heterocycles. The number of ketones is 1. The molecular weight excluding hydrogens is 308 g/mol. The number of nitrogens with zero attached hydrogens (tertiary/aromatic N) is 2. The molecule has 0 spiro atoms. The summed E-state index contributed by atoms with van der Waals surface area (Å²) in [5, 5.41) is 9.94. The molecule has 0 saturated carbocycles. The Hall–Kier alpha value is -2.89.